The first-order valence-electron chi connectivity index (χ1n) is 6.06. The zero-order chi connectivity index (χ0) is 13.9. The molecule has 1 fully saturated rings. The molecule has 0 aromatic heterocycles. The number of halogens is 3. The van der Waals surface area contributed by atoms with Gasteiger partial charge in [-0.1, -0.05) is 0 Å². The Bertz CT molecular complexity index is 436. The van der Waals surface area contributed by atoms with Gasteiger partial charge in [0.1, 0.15) is 5.75 Å². The van der Waals surface area contributed by atoms with Gasteiger partial charge in [0.05, 0.1) is 0 Å². The van der Waals surface area contributed by atoms with E-state index in [1.54, 1.807) is 0 Å². The third-order valence-electron chi connectivity index (χ3n) is 3.00. The molecule has 0 bridgehead atoms. The van der Waals surface area contributed by atoms with E-state index >= 15 is 0 Å². The molecule has 0 saturated carbocycles. The van der Waals surface area contributed by atoms with Gasteiger partial charge >= 0.3 is 6.36 Å². The number of ether oxygens (including phenoxy) is 1. The van der Waals surface area contributed by atoms with Crippen LogP contribution in [0.1, 0.15) is 29.6 Å². The van der Waals surface area contributed by atoms with Crippen LogP contribution in [0.4, 0.5) is 13.2 Å². The average Bonchev–Trinajstić information content (AvgIpc) is 2.80. The summed E-state index contributed by atoms with van der Waals surface area (Å²) in [5.41, 5.74) is 0.406. The van der Waals surface area contributed by atoms with Crippen LogP contribution >= 0.6 is 0 Å². The van der Waals surface area contributed by atoms with E-state index in [-0.39, 0.29) is 17.6 Å². The average molecular weight is 273 g/mol. The van der Waals surface area contributed by atoms with E-state index in [1.807, 2.05) is 0 Å². The van der Waals surface area contributed by atoms with Gasteiger partial charge in [-0.05, 0) is 43.7 Å². The van der Waals surface area contributed by atoms with Gasteiger partial charge in [0.15, 0.2) is 5.78 Å². The van der Waals surface area contributed by atoms with Crippen LogP contribution in [0.15, 0.2) is 24.3 Å². The van der Waals surface area contributed by atoms with E-state index in [1.165, 1.54) is 12.1 Å². The molecule has 104 valence electrons. The molecule has 19 heavy (non-hydrogen) atoms. The van der Waals surface area contributed by atoms with Gasteiger partial charge in [0.25, 0.3) is 0 Å². The van der Waals surface area contributed by atoms with Crippen LogP contribution in [0.5, 0.6) is 5.75 Å². The Hall–Kier alpha value is -1.56. The molecule has 1 unspecified atom stereocenters. The smallest absolute Gasteiger partial charge is 0.406 e. The lowest BCUT2D eigenvalue weighted by Gasteiger charge is -2.10. The van der Waals surface area contributed by atoms with Gasteiger partial charge in [0.2, 0.25) is 0 Å². The lowest BCUT2D eigenvalue weighted by atomic mass is 10.0. The van der Waals surface area contributed by atoms with Gasteiger partial charge in [-0.25, -0.2) is 0 Å². The molecule has 0 spiro atoms. The highest BCUT2D eigenvalue weighted by molar-refractivity contribution is 5.96. The second-order valence-electron chi connectivity index (χ2n) is 4.49. The lowest BCUT2D eigenvalue weighted by Crippen LogP contribution is -2.24. The highest BCUT2D eigenvalue weighted by Gasteiger charge is 2.31. The number of rotatable bonds is 4. The van der Waals surface area contributed by atoms with Crippen molar-refractivity contribution in [1.29, 1.82) is 0 Å². The van der Waals surface area contributed by atoms with Gasteiger partial charge in [-0.15, -0.1) is 13.2 Å². The highest BCUT2D eigenvalue weighted by Crippen LogP contribution is 2.23. The van der Waals surface area contributed by atoms with Crippen molar-refractivity contribution in [3.63, 3.8) is 0 Å². The number of alkyl halides is 3. The first kappa shape index (κ1) is 13.9. The second kappa shape index (κ2) is 5.61. The Labute approximate surface area is 108 Å². The van der Waals surface area contributed by atoms with E-state index in [9.17, 15) is 18.0 Å². The Morgan fingerprint density at radius 2 is 2.00 bits per heavy atom. The number of ketones is 1. The topological polar surface area (TPSA) is 38.3 Å². The maximum absolute atomic E-state index is 12.0. The third-order valence-corrected chi connectivity index (χ3v) is 3.00. The molecule has 1 N–H and O–H groups in total. The van der Waals surface area contributed by atoms with Crippen molar-refractivity contribution in [2.24, 2.45) is 0 Å². The predicted molar refractivity (Wildman–Crippen MR) is 63.1 cm³/mol. The molecule has 6 heteroatoms. The first-order chi connectivity index (χ1) is 8.94. The van der Waals surface area contributed by atoms with Crippen LogP contribution in [0.2, 0.25) is 0 Å². The Balaban J connectivity index is 1.95. The molecule has 3 nitrogen and oxygen atoms in total. The Morgan fingerprint density at radius 1 is 1.32 bits per heavy atom. The molecule has 1 aromatic carbocycles. The molecule has 1 aliphatic heterocycles. The third kappa shape index (κ3) is 4.24. The summed E-state index contributed by atoms with van der Waals surface area (Å²) in [6, 6.07) is 5.21. The quantitative estimate of drug-likeness (QED) is 0.857. The second-order valence-corrected chi connectivity index (χ2v) is 4.49. The number of hydrogen-bond donors (Lipinski definition) is 1. The molecule has 1 aliphatic rings. The fourth-order valence-electron chi connectivity index (χ4n) is 2.12. The number of hydrogen-bond acceptors (Lipinski definition) is 3. The largest absolute Gasteiger partial charge is 0.573 e. The number of carbonyl (C=O) groups excluding carboxylic acids is 1. The van der Waals surface area contributed by atoms with E-state index < -0.39 is 6.36 Å². The van der Waals surface area contributed by atoms with Crippen molar-refractivity contribution < 1.29 is 22.7 Å². The lowest BCUT2D eigenvalue weighted by molar-refractivity contribution is -0.274. The van der Waals surface area contributed by atoms with Crippen LogP contribution in [0, 0.1) is 0 Å². The molecule has 0 radical (unpaired) electrons. The minimum atomic E-state index is -4.71. The predicted octanol–water partition coefficient (Wildman–Crippen LogP) is 2.91. The van der Waals surface area contributed by atoms with Gasteiger partial charge in [-0.3, -0.25) is 4.79 Å². The summed E-state index contributed by atoms with van der Waals surface area (Å²) in [5, 5.41) is 3.21. The maximum atomic E-state index is 12.0. The molecule has 1 saturated heterocycles. The Kier molecular flexibility index (Phi) is 4.09. The standard InChI is InChI=1S/C13H14F3NO2/c14-13(15,16)19-11-5-3-9(4-6-11)12(18)8-10-2-1-7-17-10/h3-6,10,17H,1-2,7-8H2. The van der Waals surface area contributed by atoms with Crippen LogP contribution in [-0.2, 0) is 0 Å². The number of Topliss-reactive ketones (excluding diaryl/α,β-unsaturated/α-hetero) is 1. The van der Waals surface area contributed by atoms with Crippen molar-refractivity contribution in [1.82, 2.24) is 5.32 Å². The molecule has 0 aliphatic carbocycles. The summed E-state index contributed by atoms with van der Waals surface area (Å²) in [6.07, 6.45) is -2.32. The monoisotopic (exact) mass is 273 g/mol. The normalized spacial score (nSPS) is 19.4. The zero-order valence-corrected chi connectivity index (χ0v) is 10.2. The fourth-order valence-corrected chi connectivity index (χ4v) is 2.12. The summed E-state index contributed by atoms with van der Waals surface area (Å²) >= 11 is 0. The van der Waals surface area contributed by atoms with Crippen LogP contribution in [0.25, 0.3) is 0 Å². The van der Waals surface area contributed by atoms with Crippen molar-refractivity contribution in [3.8, 4) is 5.75 Å². The Morgan fingerprint density at radius 3 is 2.53 bits per heavy atom. The summed E-state index contributed by atoms with van der Waals surface area (Å²) < 4.78 is 39.7. The van der Waals surface area contributed by atoms with Gasteiger partial charge < -0.3 is 10.1 Å². The molecule has 1 atom stereocenters. The van der Waals surface area contributed by atoms with Gasteiger partial charge in [0, 0.05) is 18.0 Å². The summed E-state index contributed by atoms with van der Waals surface area (Å²) in [6.45, 7) is 0.913. The van der Waals surface area contributed by atoms with E-state index in [2.05, 4.69) is 10.1 Å². The van der Waals surface area contributed by atoms with E-state index in [0.717, 1.165) is 31.5 Å². The van der Waals surface area contributed by atoms with E-state index in [0.29, 0.717) is 12.0 Å². The molecule has 2 rings (SSSR count). The van der Waals surface area contributed by atoms with Gasteiger partial charge in [-0.2, -0.15) is 0 Å². The van der Waals surface area contributed by atoms with Crippen LogP contribution < -0.4 is 10.1 Å². The van der Waals surface area contributed by atoms with Crippen molar-refractivity contribution in [3.05, 3.63) is 29.8 Å². The summed E-state index contributed by atoms with van der Waals surface area (Å²) in [5.74, 6) is -0.388. The SMILES string of the molecule is O=C(CC1CCCN1)c1ccc(OC(F)(F)F)cc1. The van der Waals surface area contributed by atoms with Crippen molar-refractivity contribution in [2.45, 2.75) is 31.7 Å². The van der Waals surface area contributed by atoms with Crippen molar-refractivity contribution >= 4 is 5.78 Å². The summed E-state index contributed by atoms with van der Waals surface area (Å²) in [7, 11) is 0. The van der Waals surface area contributed by atoms with Crippen LogP contribution in [0.3, 0.4) is 0 Å². The maximum Gasteiger partial charge on any atom is 0.573 e. The molecular formula is C13H14F3NO2. The van der Waals surface area contributed by atoms with E-state index in [4.69, 9.17) is 0 Å². The minimum Gasteiger partial charge on any atom is -0.406 e. The fraction of sp³-hybridized carbons (Fsp3) is 0.462. The highest BCUT2D eigenvalue weighted by atomic mass is 19.4. The minimum absolute atomic E-state index is 0.0713. The number of benzene rings is 1. The van der Waals surface area contributed by atoms with Crippen molar-refractivity contribution in [2.75, 3.05) is 6.54 Å². The number of nitrogens with one attached hydrogen (secondary N) is 1. The van der Waals surface area contributed by atoms with Crippen LogP contribution in [-0.4, -0.2) is 24.7 Å². The molecular weight excluding hydrogens is 259 g/mol. The molecule has 1 aromatic rings. The number of carbonyl (C=O) groups is 1. The summed E-state index contributed by atoms with van der Waals surface area (Å²) in [4.78, 5) is 11.9. The first-order valence-corrected chi connectivity index (χ1v) is 6.06. The molecule has 0 amide bonds. The zero-order valence-electron chi connectivity index (χ0n) is 10.2. The molecule has 1 heterocycles.